The number of rotatable bonds is 5. The Morgan fingerprint density at radius 1 is 1.44 bits per heavy atom. The summed E-state index contributed by atoms with van der Waals surface area (Å²) in [6.07, 6.45) is 1.14. The Hall–Kier alpha value is -1.11. The van der Waals surface area contributed by atoms with Crippen LogP contribution in [0.2, 0.25) is 0 Å². The molecule has 1 aromatic rings. The molecule has 0 unspecified atom stereocenters. The van der Waals surface area contributed by atoms with Gasteiger partial charge in [0, 0.05) is 3.57 Å². The Morgan fingerprint density at radius 2 is 2.11 bits per heavy atom. The van der Waals surface area contributed by atoms with Gasteiger partial charge in [-0.1, -0.05) is 25.5 Å². The van der Waals surface area contributed by atoms with E-state index in [2.05, 4.69) is 27.9 Å². The first-order valence-electron chi connectivity index (χ1n) is 5.76. The lowest BCUT2D eigenvalue weighted by Crippen LogP contribution is -2.40. The summed E-state index contributed by atoms with van der Waals surface area (Å²) in [5.41, 5.74) is 1.53. The van der Waals surface area contributed by atoms with Crippen LogP contribution >= 0.6 is 22.6 Å². The van der Waals surface area contributed by atoms with Gasteiger partial charge in [0.15, 0.2) is 0 Å². The summed E-state index contributed by atoms with van der Waals surface area (Å²) in [5.74, 6) is -1.32. The molecule has 2 N–H and O–H groups in total. The average Bonchev–Trinajstić information content (AvgIpc) is 2.31. The van der Waals surface area contributed by atoms with Crippen molar-refractivity contribution in [1.82, 2.24) is 5.32 Å². The smallest absolute Gasteiger partial charge is 0.326 e. The van der Waals surface area contributed by atoms with Crippen molar-refractivity contribution >= 4 is 34.5 Å². The molecule has 0 saturated heterocycles. The zero-order valence-corrected chi connectivity index (χ0v) is 12.5. The van der Waals surface area contributed by atoms with Crippen LogP contribution in [0.25, 0.3) is 0 Å². The zero-order valence-electron chi connectivity index (χ0n) is 10.4. The number of benzene rings is 1. The van der Waals surface area contributed by atoms with Crippen molar-refractivity contribution in [2.75, 3.05) is 0 Å². The molecule has 1 aromatic carbocycles. The summed E-state index contributed by atoms with van der Waals surface area (Å²) in [4.78, 5) is 23.0. The van der Waals surface area contributed by atoms with Crippen molar-refractivity contribution in [3.05, 3.63) is 32.9 Å². The van der Waals surface area contributed by atoms with E-state index in [0.717, 1.165) is 9.13 Å². The van der Waals surface area contributed by atoms with Crippen LogP contribution in [0.3, 0.4) is 0 Å². The Balaban J connectivity index is 2.87. The third-order valence-electron chi connectivity index (χ3n) is 2.62. The number of aryl methyl sites for hydroxylation is 1. The van der Waals surface area contributed by atoms with Crippen LogP contribution in [0.4, 0.5) is 0 Å². The van der Waals surface area contributed by atoms with Gasteiger partial charge in [-0.05, 0) is 47.6 Å². The Bertz CT molecular complexity index is 460. The number of amides is 1. The molecule has 18 heavy (non-hydrogen) atoms. The molecule has 0 aromatic heterocycles. The van der Waals surface area contributed by atoms with E-state index < -0.39 is 12.0 Å². The predicted octanol–water partition coefficient (Wildman–Crippen LogP) is 2.58. The molecular formula is C13H16INO3. The molecule has 0 aliphatic rings. The number of hydrogen-bond acceptors (Lipinski definition) is 2. The number of carbonyl (C=O) groups is 2. The first-order valence-corrected chi connectivity index (χ1v) is 6.84. The molecule has 0 aliphatic heterocycles. The second-order valence-corrected chi connectivity index (χ2v) is 5.17. The number of aliphatic carboxylic acids is 1. The number of carboxylic acids is 1. The van der Waals surface area contributed by atoms with Crippen LogP contribution in [-0.2, 0) is 4.79 Å². The summed E-state index contributed by atoms with van der Waals surface area (Å²) in [6.45, 7) is 3.80. The molecule has 1 rings (SSSR count). The topological polar surface area (TPSA) is 66.4 Å². The Morgan fingerprint density at radius 3 is 2.67 bits per heavy atom. The van der Waals surface area contributed by atoms with Gasteiger partial charge in [0.05, 0.1) is 5.56 Å². The van der Waals surface area contributed by atoms with Gasteiger partial charge in [-0.2, -0.15) is 0 Å². The molecular weight excluding hydrogens is 345 g/mol. The van der Waals surface area contributed by atoms with Gasteiger partial charge in [0.2, 0.25) is 0 Å². The van der Waals surface area contributed by atoms with Crippen molar-refractivity contribution < 1.29 is 14.7 Å². The summed E-state index contributed by atoms with van der Waals surface area (Å²) >= 11 is 2.10. The van der Waals surface area contributed by atoms with E-state index in [0.29, 0.717) is 18.4 Å². The van der Waals surface area contributed by atoms with Gasteiger partial charge < -0.3 is 10.4 Å². The van der Waals surface area contributed by atoms with Gasteiger partial charge in [-0.15, -0.1) is 0 Å². The molecule has 0 fully saturated rings. The molecule has 0 saturated carbocycles. The zero-order chi connectivity index (χ0) is 13.7. The van der Waals surface area contributed by atoms with E-state index in [1.54, 1.807) is 12.1 Å². The first kappa shape index (κ1) is 14.9. The van der Waals surface area contributed by atoms with E-state index in [-0.39, 0.29) is 5.91 Å². The maximum absolute atomic E-state index is 12.0. The molecule has 0 spiro atoms. The fraction of sp³-hybridized carbons (Fsp3) is 0.385. The van der Waals surface area contributed by atoms with Crippen LogP contribution in [0.15, 0.2) is 18.2 Å². The number of nitrogens with one attached hydrogen (secondary N) is 1. The molecule has 98 valence electrons. The maximum Gasteiger partial charge on any atom is 0.326 e. The molecule has 5 heteroatoms. The molecule has 1 atom stereocenters. The predicted molar refractivity (Wildman–Crippen MR) is 77.7 cm³/mol. The Kier molecular flexibility index (Phi) is 5.58. The van der Waals surface area contributed by atoms with Crippen molar-refractivity contribution in [3.63, 3.8) is 0 Å². The van der Waals surface area contributed by atoms with Crippen molar-refractivity contribution in [2.24, 2.45) is 0 Å². The van der Waals surface area contributed by atoms with E-state index in [1.165, 1.54) is 0 Å². The highest BCUT2D eigenvalue weighted by molar-refractivity contribution is 14.1. The van der Waals surface area contributed by atoms with E-state index in [1.807, 2.05) is 19.9 Å². The number of hydrogen-bond donors (Lipinski definition) is 2. The second kappa shape index (κ2) is 6.72. The van der Waals surface area contributed by atoms with Crippen LogP contribution in [0.1, 0.15) is 35.7 Å². The van der Waals surface area contributed by atoms with Gasteiger partial charge in [0.1, 0.15) is 6.04 Å². The highest BCUT2D eigenvalue weighted by atomic mass is 127. The molecule has 4 nitrogen and oxygen atoms in total. The fourth-order valence-corrected chi connectivity index (χ4v) is 2.21. The number of carbonyl (C=O) groups excluding carboxylic acids is 1. The van der Waals surface area contributed by atoms with Gasteiger partial charge >= 0.3 is 5.97 Å². The fourth-order valence-electron chi connectivity index (χ4n) is 1.60. The largest absolute Gasteiger partial charge is 0.480 e. The minimum absolute atomic E-state index is 0.330. The monoisotopic (exact) mass is 361 g/mol. The first-order chi connectivity index (χ1) is 8.47. The third kappa shape index (κ3) is 3.69. The standard InChI is InChI=1S/C13H16INO3/c1-3-5-10(13(17)18)15-12(16)9-7-4-6-8(2)11(9)14/h4,6-7,10H,3,5H2,1-2H3,(H,15,16)(H,17,18)/t10-/m1/s1. The molecule has 0 aliphatic carbocycles. The second-order valence-electron chi connectivity index (χ2n) is 4.09. The van der Waals surface area contributed by atoms with E-state index in [4.69, 9.17) is 5.11 Å². The van der Waals surface area contributed by atoms with E-state index >= 15 is 0 Å². The van der Waals surface area contributed by atoms with Crippen LogP contribution in [0, 0.1) is 10.5 Å². The van der Waals surface area contributed by atoms with Crippen molar-refractivity contribution in [3.8, 4) is 0 Å². The lowest BCUT2D eigenvalue weighted by molar-refractivity contribution is -0.139. The normalized spacial score (nSPS) is 11.9. The highest BCUT2D eigenvalue weighted by Gasteiger charge is 2.20. The average molecular weight is 361 g/mol. The minimum Gasteiger partial charge on any atom is -0.480 e. The summed E-state index contributed by atoms with van der Waals surface area (Å²) < 4.78 is 0.855. The maximum atomic E-state index is 12.0. The van der Waals surface area contributed by atoms with Gasteiger partial charge in [0.25, 0.3) is 5.91 Å². The third-order valence-corrected chi connectivity index (χ3v) is 4.05. The number of carboxylic acid groups (broad SMARTS) is 1. The van der Waals surface area contributed by atoms with Crippen molar-refractivity contribution in [1.29, 1.82) is 0 Å². The lowest BCUT2D eigenvalue weighted by atomic mass is 10.1. The Labute approximate surface area is 120 Å². The van der Waals surface area contributed by atoms with Crippen LogP contribution in [-0.4, -0.2) is 23.0 Å². The van der Waals surface area contributed by atoms with Gasteiger partial charge in [-0.25, -0.2) is 4.79 Å². The summed E-state index contributed by atoms with van der Waals surface area (Å²) in [6, 6.07) is 4.59. The quantitative estimate of drug-likeness (QED) is 0.793. The van der Waals surface area contributed by atoms with Crippen LogP contribution in [0.5, 0.6) is 0 Å². The molecule has 0 bridgehead atoms. The van der Waals surface area contributed by atoms with Crippen LogP contribution < -0.4 is 5.32 Å². The van der Waals surface area contributed by atoms with Gasteiger partial charge in [-0.3, -0.25) is 4.79 Å². The highest BCUT2D eigenvalue weighted by Crippen LogP contribution is 2.16. The minimum atomic E-state index is -0.993. The molecule has 1 amide bonds. The SMILES string of the molecule is CCC[C@@H](NC(=O)c1cccc(C)c1I)C(=O)O. The lowest BCUT2D eigenvalue weighted by Gasteiger charge is -2.14. The molecule has 0 heterocycles. The van der Waals surface area contributed by atoms with Crippen molar-refractivity contribution in [2.45, 2.75) is 32.7 Å². The molecule has 0 radical (unpaired) electrons. The number of halogens is 1. The summed E-state index contributed by atoms with van der Waals surface area (Å²) in [5, 5.41) is 11.6. The summed E-state index contributed by atoms with van der Waals surface area (Å²) in [7, 11) is 0. The van der Waals surface area contributed by atoms with E-state index in [9.17, 15) is 9.59 Å².